The van der Waals surface area contributed by atoms with E-state index in [1.165, 1.54) is 0 Å². The van der Waals surface area contributed by atoms with Crippen LogP contribution in [0.5, 0.6) is 0 Å². The lowest BCUT2D eigenvalue weighted by atomic mass is 10.0. The molecule has 2 aromatic carbocycles. The molecule has 106 valence electrons. The van der Waals surface area contributed by atoms with E-state index in [1.54, 1.807) is 18.2 Å². The molecule has 1 aromatic heterocycles. The van der Waals surface area contributed by atoms with Gasteiger partial charge in [-0.1, -0.05) is 56.4 Å². The molecule has 0 saturated carbocycles. The van der Waals surface area contributed by atoms with Crippen LogP contribution in [0.15, 0.2) is 51.5 Å². The first kappa shape index (κ1) is 14.4. The van der Waals surface area contributed by atoms with Crippen LogP contribution in [-0.4, -0.2) is 5.16 Å². The fourth-order valence-corrected chi connectivity index (χ4v) is 2.87. The van der Waals surface area contributed by atoms with Crippen LogP contribution >= 0.6 is 39.1 Å². The van der Waals surface area contributed by atoms with Crippen molar-refractivity contribution in [3.8, 4) is 22.5 Å². The van der Waals surface area contributed by atoms with Crippen LogP contribution in [0.3, 0.4) is 0 Å². The van der Waals surface area contributed by atoms with Crippen LogP contribution in [0.25, 0.3) is 22.5 Å². The summed E-state index contributed by atoms with van der Waals surface area (Å²) in [6.45, 7) is 0. The van der Waals surface area contributed by atoms with Crippen LogP contribution in [0.2, 0.25) is 10.0 Å². The number of anilines is 1. The summed E-state index contributed by atoms with van der Waals surface area (Å²) in [5, 5.41) is 4.90. The molecule has 0 unspecified atom stereocenters. The Morgan fingerprint density at radius 2 is 1.57 bits per heavy atom. The third kappa shape index (κ3) is 2.93. The van der Waals surface area contributed by atoms with Gasteiger partial charge in [0.25, 0.3) is 0 Å². The van der Waals surface area contributed by atoms with E-state index in [0.29, 0.717) is 21.6 Å². The fraction of sp³-hybridized carbons (Fsp3) is 0. The van der Waals surface area contributed by atoms with Gasteiger partial charge in [-0.25, -0.2) is 0 Å². The van der Waals surface area contributed by atoms with Gasteiger partial charge in [-0.15, -0.1) is 0 Å². The van der Waals surface area contributed by atoms with Gasteiger partial charge < -0.3 is 10.3 Å². The number of halogens is 3. The number of hydrogen-bond acceptors (Lipinski definition) is 3. The van der Waals surface area contributed by atoms with Crippen molar-refractivity contribution in [2.45, 2.75) is 0 Å². The van der Waals surface area contributed by atoms with E-state index < -0.39 is 0 Å². The molecule has 1 heterocycles. The molecule has 0 aliphatic carbocycles. The van der Waals surface area contributed by atoms with Crippen molar-refractivity contribution in [1.82, 2.24) is 5.16 Å². The molecule has 0 spiro atoms. The first-order valence-electron chi connectivity index (χ1n) is 6.02. The van der Waals surface area contributed by atoms with Gasteiger partial charge >= 0.3 is 0 Å². The third-order valence-electron chi connectivity index (χ3n) is 2.98. The molecule has 0 radical (unpaired) electrons. The largest absolute Gasteiger partial charge is 0.380 e. The molecule has 6 heteroatoms. The van der Waals surface area contributed by atoms with Crippen molar-refractivity contribution >= 4 is 44.9 Å². The lowest BCUT2D eigenvalue weighted by Crippen LogP contribution is -1.89. The second-order valence-electron chi connectivity index (χ2n) is 4.44. The molecule has 0 aliphatic heterocycles. The Hall–Kier alpha value is -1.49. The molecule has 2 N–H and O–H groups in total. The van der Waals surface area contributed by atoms with Crippen molar-refractivity contribution in [3.05, 3.63) is 57.0 Å². The molecular formula is C15H9BrCl2N2O. The summed E-state index contributed by atoms with van der Waals surface area (Å²) in [6, 6.07) is 12.9. The number of benzene rings is 2. The average molecular weight is 384 g/mol. The number of nitrogens with two attached hydrogens (primary N) is 1. The van der Waals surface area contributed by atoms with Crippen molar-refractivity contribution in [3.63, 3.8) is 0 Å². The van der Waals surface area contributed by atoms with Crippen LogP contribution in [-0.2, 0) is 0 Å². The molecule has 0 atom stereocenters. The summed E-state index contributed by atoms with van der Waals surface area (Å²) in [6.07, 6.45) is 0. The highest BCUT2D eigenvalue weighted by molar-refractivity contribution is 9.10. The zero-order valence-electron chi connectivity index (χ0n) is 10.6. The van der Waals surface area contributed by atoms with Crippen LogP contribution in [0.4, 0.5) is 5.82 Å². The topological polar surface area (TPSA) is 52.0 Å². The zero-order chi connectivity index (χ0) is 15.0. The van der Waals surface area contributed by atoms with Gasteiger partial charge in [-0.05, 0) is 35.9 Å². The van der Waals surface area contributed by atoms with E-state index >= 15 is 0 Å². The van der Waals surface area contributed by atoms with E-state index in [0.717, 1.165) is 21.2 Å². The SMILES string of the molecule is Nc1noc(-c2cc(Cl)cc(Cl)c2)c1-c1ccc(Br)cc1. The lowest BCUT2D eigenvalue weighted by molar-refractivity contribution is 0.436. The summed E-state index contributed by atoms with van der Waals surface area (Å²) >= 11 is 15.5. The normalized spacial score (nSPS) is 10.8. The Bertz CT molecular complexity index is 780. The smallest absolute Gasteiger partial charge is 0.177 e. The predicted octanol–water partition coefficient (Wildman–Crippen LogP) is 5.66. The van der Waals surface area contributed by atoms with Gasteiger partial charge in [0.15, 0.2) is 11.6 Å². The molecule has 0 saturated heterocycles. The van der Waals surface area contributed by atoms with Crippen molar-refractivity contribution < 1.29 is 4.52 Å². The maximum absolute atomic E-state index is 6.04. The van der Waals surface area contributed by atoms with Crippen LogP contribution < -0.4 is 5.73 Å². The summed E-state index contributed by atoms with van der Waals surface area (Å²) in [5.41, 5.74) is 8.30. The van der Waals surface area contributed by atoms with E-state index in [2.05, 4.69) is 21.1 Å². The Morgan fingerprint density at radius 1 is 0.952 bits per heavy atom. The van der Waals surface area contributed by atoms with E-state index in [4.69, 9.17) is 33.5 Å². The van der Waals surface area contributed by atoms with Gasteiger partial charge in [0, 0.05) is 20.1 Å². The molecule has 3 nitrogen and oxygen atoms in total. The second kappa shape index (κ2) is 5.72. The Labute approximate surface area is 139 Å². The minimum absolute atomic E-state index is 0.323. The van der Waals surface area contributed by atoms with Crippen LogP contribution in [0.1, 0.15) is 0 Å². The Kier molecular flexibility index (Phi) is 3.93. The molecule has 0 aliphatic rings. The van der Waals surface area contributed by atoms with Crippen molar-refractivity contribution in [2.75, 3.05) is 5.73 Å². The highest BCUT2D eigenvalue weighted by Gasteiger charge is 2.18. The van der Waals surface area contributed by atoms with Gasteiger partial charge in [0.2, 0.25) is 0 Å². The maximum Gasteiger partial charge on any atom is 0.177 e. The first-order valence-corrected chi connectivity index (χ1v) is 7.57. The quantitative estimate of drug-likeness (QED) is 0.621. The number of nitrogen functional groups attached to an aromatic ring is 1. The number of nitrogens with zero attached hydrogens (tertiary/aromatic N) is 1. The number of rotatable bonds is 2. The van der Waals surface area contributed by atoms with E-state index in [1.807, 2.05) is 24.3 Å². The van der Waals surface area contributed by atoms with Crippen molar-refractivity contribution in [2.24, 2.45) is 0 Å². The third-order valence-corrected chi connectivity index (χ3v) is 3.94. The fourth-order valence-electron chi connectivity index (χ4n) is 2.08. The number of hydrogen-bond donors (Lipinski definition) is 1. The first-order chi connectivity index (χ1) is 10.0. The Morgan fingerprint density at radius 3 is 2.19 bits per heavy atom. The molecule has 3 aromatic rings. The van der Waals surface area contributed by atoms with Gasteiger partial charge in [0.1, 0.15) is 0 Å². The molecule has 3 rings (SSSR count). The average Bonchev–Trinajstić information content (AvgIpc) is 2.80. The minimum atomic E-state index is 0.323. The standard InChI is InChI=1S/C15H9BrCl2N2O/c16-10-3-1-8(2-4-10)13-14(21-20-15(13)19)9-5-11(17)7-12(18)6-9/h1-7H,(H2,19,20). The molecule has 0 amide bonds. The van der Waals surface area contributed by atoms with Gasteiger partial charge in [-0.2, -0.15) is 0 Å². The van der Waals surface area contributed by atoms with E-state index in [-0.39, 0.29) is 0 Å². The number of aromatic nitrogens is 1. The maximum atomic E-state index is 6.04. The monoisotopic (exact) mass is 382 g/mol. The lowest BCUT2D eigenvalue weighted by Gasteiger charge is -2.04. The minimum Gasteiger partial charge on any atom is -0.380 e. The Balaban J connectivity index is 2.19. The predicted molar refractivity (Wildman–Crippen MR) is 89.5 cm³/mol. The molecule has 0 bridgehead atoms. The summed E-state index contributed by atoms with van der Waals surface area (Å²) in [4.78, 5) is 0. The van der Waals surface area contributed by atoms with Crippen molar-refractivity contribution in [1.29, 1.82) is 0 Å². The molecule has 21 heavy (non-hydrogen) atoms. The van der Waals surface area contributed by atoms with Gasteiger partial charge in [0.05, 0.1) is 5.56 Å². The highest BCUT2D eigenvalue weighted by atomic mass is 79.9. The molecular weight excluding hydrogens is 375 g/mol. The van der Waals surface area contributed by atoms with Gasteiger partial charge in [-0.3, -0.25) is 0 Å². The highest BCUT2D eigenvalue weighted by Crippen LogP contribution is 2.38. The van der Waals surface area contributed by atoms with E-state index in [9.17, 15) is 0 Å². The second-order valence-corrected chi connectivity index (χ2v) is 6.23. The summed E-state index contributed by atoms with van der Waals surface area (Å²) in [5.74, 6) is 0.864. The zero-order valence-corrected chi connectivity index (χ0v) is 13.7. The molecule has 0 fully saturated rings. The van der Waals surface area contributed by atoms with Crippen LogP contribution in [0, 0.1) is 0 Å². The summed E-state index contributed by atoms with van der Waals surface area (Å²) in [7, 11) is 0. The summed E-state index contributed by atoms with van der Waals surface area (Å²) < 4.78 is 6.35.